The molecule has 2 aliphatic rings. The van der Waals surface area contributed by atoms with Crippen LogP contribution < -0.4 is 15.8 Å². The summed E-state index contributed by atoms with van der Waals surface area (Å²) in [4.78, 5) is 12.5. The second-order valence-corrected chi connectivity index (χ2v) is 6.72. The summed E-state index contributed by atoms with van der Waals surface area (Å²) in [6, 6.07) is 7.67. The average molecular weight is 302 g/mol. The van der Waals surface area contributed by atoms with Crippen LogP contribution in [0.15, 0.2) is 24.3 Å². The van der Waals surface area contributed by atoms with Crippen LogP contribution in [0.1, 0.15) is 57.8 Å². The Morgan fingerprint density at radius 2 is 1.86 bits per heavy atom. The van der Waals surface area contributed by atoms with Crippen molar-refractivity contribution in [3.63, 3.8) is 0 Å². The minimum Gasteiger partial charge on any atom is -0.490 e. The van der Waals surface area contributed by atoms with Gasteiger partial charge in [0.2, 0.25) is 5.91 Å². The van der Waals surface area contributed by atoms with Gasteiger partial charge < -0.3 is 15.8 Å². The Hall–Kier alpha value is -1.55. The first-order valence-corrected chi connectivity index (χ1v) is 8.53. The highest BCUT2D eigenvalue weighted by atomic mass is 16.5. The quantitative estimate of drug-likeness (QED) is 0.893. The zero-order valence-corrected chi connectivity index (χ0v) is 13.1. The van der Waals surface area contributed by atoms with Crippen LogP contribution in [-0.2, 0) is 4.79 Å². The number of amides is 1. The fraction of sp³-hybridized carbons (Fsp3) is 0.611. The van der Waals surface area contributed by atoms with Crippen molar-refractivity contribution in [3.05, 3.63) is 24.3 Å². The second kappa shape index (κ2) is 6.69. The molecule has 0 unspecified atom stereocenters. The minimum absolute atomic E-state index is 0.0646. The Bertz CT molecular complexity index is 518. The minimum atomic E-state index is -0.708. The van der Waals surface area contributed by atoms with E-state index in [1.807, 2.05) is 24.3 Å². The lowest BCUT2D eigenvalue weighted by molar-refractivity contribution is -0.122. The van der Waals surface area contributed by atoms with E-state index in [0.717, 1.165) is 50.0 Å². The zero-order valence-electron chi connectivity index (χ0n) is 13.1. The van der Waals surface area contributed by atoms with E-state index < -0.39 is 5.54 Å². The number of nitrogens with two attached hydrogens (primary N) is 1. The molecule has 120 valence electrons. The van der Waals surface area contributed by atoms with Crippen molar-refractivity contribution < 1.29 is 9.53 Å². The van der Waals surface area contributed by atoms with Crippen molar-refractivity contribution in [2.24, 2.45) is 5.73 Å². The largest absolute Gasteiger partial charge is 0.490 e. The van der Waals surface area contributed by atoms with Crippen molar-refractivity contribution in [3.8, 4) is 5.75 Å². The Balaban J connectivity index is 1.63. The highest BCUT2D eigenvalue weighted by Crippen LogP contribution is 2.29. The van der Waals surface area contributed by atoms with Crippen LogP contribution in [0.2, 0.25) is 0 Å². The number of nitrogens with one attached hydrogen (secondary N) is 1. The van der Waals surface area contributed by atoms with Crippen molar-refractivity contribution in [1.82, 2.24) is 0 Å². The molecule has 1 aromatic rings. The molecule has 2 saturated carbocycles. The van der Waals surface area contributed by atoms with Crippen molar-refractivity contribution in [2.75, 3.05) is 5.32 Å². The first kappa shape index (κ1) is 15.3. The lowest BCUT2D eigenvalue weighted by Crippen LogP contribution is -2.52. The van der Waals surface area contributed by atoms with Gasteiger partial charge in [-0.15, -0.1) is 0 Å². The number of hydrogen-bond donors (Lipinski definition) is 2. The summed E-state index contributed by atoms with van der Waals surface area (Å²) in [5, 5.41) is 2.97. The van der Waals surface area contributed by atoms with Gasteiger partial charge in [-0.05, 0) is 50.7 Å². The molecule has 22 heavy (non-hydrogen) atoms. The van der Waals surface area contributed by atoms with Crippen LogP contribution >= 0.6 is 0 Å². The van der Waals surface area contributed by atoms with Crippen LogP contribution in [0.25, 0.3) is 0 Å². The molecule has 4 heteroatoms. The maximum Gasteiger partial charge on any atom is 0.244 e. The van der Waals surface area contributed by atoms with E-state index in [9.17, 15) is 4.79 Å². The van der Waals surface area contributed by atoms with E-state index in [1.54, 1.807) is 0 Å². The Morgan fingerprint density at radius 1 is 1.14 bits per heavy atom. The molecule has 0 aliphatic heterocycles. The fourth-order valence-corrected chi connectivity index (χ4v) is 3.51. The molecule has 0 saturated heterocycles. The van der Waals surface area contributed by atoms with Gasteiger partial charge in [-0.1, -0.05) is 25.3 Å². The molecular formula is C18H26N2O2. The van der Waals surface area contributed by atoms with E-state index in [1.165, 1.54) is 19.3 Å². The van der Waals surface area contributed by atoms with Gasteiger partial charge in [-0.2, -0.15) is 0 Å². The normalized spacial score (nSPS) is 21.5. The second-order valence-electron chi connectivity index (χ2n) is 6.72. The van der Waals surface area contributed by atoms with E-state index >= 15 is 0 Å². The summed E-state index contributed by atoms with van der Waals surface area (Å²) in [5.74, 6) is 0.768. The van der Waals surface area contributed by atoms with Crippen molar-refractivity contribution >= 4 is 11.6 Å². The van der Waals surface area contributed by atoms with E-state index in [2.05, 4.69) is 5.32 Å². The van der Waals surface area contributed by atoms with Crippen LogP contribution in [0.4, 0.5) is 5.69 Å². The molecule has 3 rings (SSSR count). The predicted octanol–water partition coefficient (Wildman–Crippen LogP) is 3.61. The smallest absolute Gasteiger partial charge is 0.244 e. The van der Waals surface area contributed by atoms with Crippen LogP contribution in [0, 0.1) is 0 Å². The van der Waals surface area contributed by atoms with Gasteiger partial charge in [0.15, 0.2) is 0 Å². The molecule has 0 spiro atoms. The van der Waals surface area contributed by atoms with Crippen LogP contribution in [-0.4, -0.2) is 17.6 Å². The molecule has 0 heterocycles. The number of carbonyl (C=O) groups is 1. The molecule has 4 nitrogen and oxygen atoms in total. The summed E-state index contributed by atoms with van der Waals surface area (Å²) < 4.78 is 5.99. The molecule has 2 aliphatic carbocycles. The number of anilines is 1. The van der Waals surface area contributed by atoms with Crippen molar-refractivity contribution in [1.29, 1.82) is 0 Å². The molecule has 1 aromatic carbocycles. The highest BCUT2D eigenvalue weighted by Gasteiger charge is 2.35. The summed E-state index contributed by atoms with van der Waals surface area (Å²) in [7, 11) is 0. The summed E-state index contributed by atoms with van der Waals surface area (Å²) in [6.07, 6.45) is 9.87. The standard InChI is InChI=1S/C18H26N2O2/c19-18(11-4-1-5-12-18)17(21)20-14-7-6-10-16(13-14)22-15-8-2-3-9-15/h6-7,10,13,15H,1-5,8-9,11-12,19H2,(H,20,21). The maximum atomic E-state index is 12.5. The fourth-order valence-electron chi connectivity index (χ4n) is 3.51. The lowest BCUT2D eigenvalue weighted by atomic mass is 9.82. The van der Waals surface area contributed by atoms with E-state index in [4.69, 9.17) is 10.5 Å². The van der Waals surface area contributed by atoms with Gasteiger partial charge >= 0.3 is 0 Å². The first-order chi connectivity index (χ1) is 10.7. The van der Waals surface area contributed by atoms with Crippen molar-refractivity contribution in [2.45, 2.75) is 69.4 Å². The van der Waals surface area contributed by atoms with Crippen LogP contribution in [0.5, 0.6) is 5.75 Å². The molecule has 3 N–H and O–H groups in total. The molecule has 0 atom stereocenters. The molecule has 1 amide bonds. The van der Waals surface area contributed by atoms with Gasteiger partial charge in [-0.25, -0.2) is 0 Å². The van der Waals surface area contributed by atoms with Gasteiger partial charge in [0, 0.05) is 11.8 Å². The molecule has 0 radical (unpaired) electrons. The number of hydrogen-bond acceptors (Lipinski definition) is 3. The Labute approximate surface area is 132 Å². The number of carbonyl (C=O) groups excluding carboxylic acids is 1. The number of ether oxygens (including phenoxy) is 1. The van der Waals surface area contributed by atoms with E-state index in [0.29, 0.717) is 6.10 Å². The van der Waals surface area contributed by atoms with Gasteiger partial charge in [-0.3, -0.25) is 4.79 Å². The molecular weight excluding hydrogens is 276 g/mol. The summed E-state index contributed by atoms with van der Waals surface area (Å²) >= 11 is 0. The SMILES string of the molecule is NC1(C(=O)Nc2cccc(OC3CCCC3)c2)CCCCC1. The summed E-state index contributed by atoms with van der Waals surface area (Å²) in [6.45, 7) is 0. The lowest BCUT2D eigenvalue weighted by Gasteiger charge is -2.31. The molecule has 0 bridgehead atoms. The maximum absolute atomic E-state index is 12.5. The molecule has 2 fully saturated rings. The highest BCUT2D eigenvalue weighted by molar-refractivity contribution is 5.98. The monoisotopic (exact) mass is 302 g/mol. The summed E-state index contributed by atoms with van der Waals surface area (Å²) in [5.41, 5.74) is 6.34. The third-order valence-corrected chi connectivity index (χ3v) is 4.89. The number of rotatable bonds is 4. The predicted molar refractivity (Wildman–Crippen MR) is 88.0 cm³/mol. The zero-order chi connectivity index (χ0) is 15.4. The van der Waals surface area contributed by atoms with E-state index in [-0.39, 0.29) is 5.91 Å². The van der Waals surface area contributed by atoms with Gasteiger partial charge in [0.1, 0.15) is 5.75 Å². The molecule has 0 aromatic heterocycles. The average Bonchev–Trinajstić information content (AvgIpc) is 3.01. The Kier molecular flexibility index (Phi) is 4.67. The third-order valence-electron chi connectivity index (χ3n) is 4.89. The Morgan fingerprint density at radius 3 is 2.59 bits per heavy atom. The first-order valence-electron chi connectivity index (χ1n) is 8.53. The third kappa shape index (κ3) is 3.61. The van der Waals surface area contributed by atoms with Gasteiger partial charge in [0.25, 0.3) is 0 Å². The van der Waals surface area contributed by atoms with Gasteiger partial charge in [0.05, 0.1) is 11.6 Å². The topological polar surface area (TPSA) is 64.4 Å². The number of benzene rings is 1. The van der Waals surface area contributed by atoms with Crippen LogP contribution in [0.3, 0.4) is 0 Å².